The molecule has 4 rings (SSSR count). The second-order valence-electron chi connectivity index (χ2n) is 10.8. The first-order valence-electron chi connectivity index (χ1n) is 13.3. The standard InChI is InChI=1S/C30H41N3O4/c1-5-7-22-8-9-26-27(19-22)37-20-30(3,4)33(13-15-36-26)21(2)16-23-17-24-10-12-32(11-6-14-34)28(24)25(18-23)29(31)35/h5,8-9,17-19,21,34H,1,6-7,10-16,20H2,2-4H3,(H2,31,35)/t21-/m1/s1. The predicted octanol–water partition coefficient (Wildman–Crippen LogP) is 3.74. The van der Waals surface area contributed by atoms with Crippen LogP contribution in [0.15, 0.2) is 43.0 Å². The summed E-state index contributed by atoms with van der Waals surface area (Å²) in [7, 11) is 0. The monoisotopic (exact) mass is 507 g/mol. The maximum Gasteiger partial charge on any atom is 0.250 e. The molecule has 0 saturated carbocycles. The zero-order valence-corrected chi connectivity index (χ0v) is 22.5. The Morgan fingerprint density at radius 1 is 1.19 bits per heavy atom. The van der Waals surface area contributed by atoms with E-state index in [1.807, 2.05) is 24.3 Å². The van der Waals surface area contributed by atoms with Gasteiger partial charge in [0.15, 0.2) is 11.5 Å². The van der Waals surface area contributed by atoms with Crippen LogP contribution in [0, 0.1) is 0 Å². The predicted molar refractivity (Wildman–Crippen MR) is 148 cm³/mol. The fraction of sp³-hybridized carbons (Fsp3) is 0.500. The van der Waals surface area contributed by atoms with Crippen LogP contribution in [0.2, 0.25) is 0 Å². The van der Waals surface area contributed by atoms with Gasteiger partial charge in [-0.2, -0.15) is 0 Å². The number of hydrogen-bond donors (Lipinski definition) is 2. The summed E-state index contributed by atoms with van der Waals surface area (Å²) in [6.07, 6.45) is 5.01. The second kappa shape index (κ2) is 11.6. The van der Waals surface area contributed by atoms with E-state index in [9.17, 15) is 9.90 Å². The van der Waals surface area contributed by atoms with Crippen LogP contribution in [-0.4, -0.2) is 66.9 Å². The van der Waals surface area contributed by atoms with E-state index in [0.717, 1.165) is 72.8 Å². The maximum absolute atomic E-state index is 12.4. The molecule has 1 amide bonds. The highest BCUT2D eigenvalue weighted by molar-refractivity contribution is 6.00. The fourth-order valence-electron chi connectivity index (χ4n) is 5.72. The van der Waals surface area contributed by atoms with Crippen LogP contribution in [-0.2, 0) is 19.3 Å². The van der Waals surface area contributed by atoms with Crippen LogP contribution in [0.1, 0.15) is 54.2 Å². The molecule has 0 aliphatic carbocycles. The van der Waals surface area contributed by atoms with E-state index in [2.05, 4.69) is 49.3 Å². The largest absolute Gasteiger partial charge is 0.488 e. The Kier molecular flexibility index (Phi) is 8.45. The van der Waals surface area contributed by atoms with E-state index in [0.29, 0.717) is 25.2 Å². The van der Waals surface area contributed by atoms with Gasteiger partial charge in [-0.1, -0.05) is 18.2 Å². The summed E-state index contributed by atoms with van der Waals surface area (Å²) in [5.41, 5.74) is 10.5. The molecule has 0 bridgehead atoms. The van der Waals surface area contributed by atoms with Crippen molar-refractivity contribution in [2.75, 3.05) is 44.4 Å². The smallest absolute Gasteiger partial charge is 0.250 e. The minimum Gasteiger partial charge on any atom is -0.488 e. The minimum absolute atomic E-state index is 0.132. The lowest BCUT2D eigenvalue weighted by Gasteiger charge is -2.41. The molecule has 0 spiro atoms. The molecule has 3 N–H and O–H groups in total. The Morgan fingerprint density at radius 3 is 2.73 bits per heavy atom. The Balaban J connectivity index is 1.53. The number of nitrogens with two attached hydrogens (primary N) is 1. The molecule has 0 aromatic heterocycles. The summed E-state index contributed by atoms with van der Waals surface area (Å²) >= 11 is 0. The van der Waals surface area contributed by atoms with Crippen LogP contribution < -0.4 is 20.1 Å². The van der Waals surface area contributed by atoms with Crippen LogP contribution in [0.5, 0.6) is 11.5 Å². The van der Waals surface area contributed by atoms with Crippen LogP contribution in [0.25, 0.3) is 0 Å². The van der Waals surface area contributed by atoms with Gasteiger partial charge in [-0.05, 0) is 81.3 Å². The molecule has 1 atom stereocenters. The number of fused-ring (bicyclic) bond motifs is 2. The Morgan fingerprint density at radius 2 is 2.00 bits per heavy atom. The van der Waals surface area contributed by atoms with Gasteiger partial charge in [0.25, 0.3) is 5.91 Å². The molecule has 7 heteroatoms. The number of nitrogens with zero attached hydrogens (tertiary/aromatic N) is 2. The molecule has 0 radical (unpaired) electrons. The van der Waals surface area contributed by atoms with Crippen molar-refractivity contribution in [1.29, 1.82) is 0 Å². The molecule has 0 unspecified atom stereocenters. The molecular weight excluding hydrogens is 466 g/mol. The third-order valence-electron chi connectivity index (χ3n) is 7.47. The normalized spacial score (nSPS) is 17.9. The summed E-state index contributed by atoms with van der Waals surface area (Å²) in [5, 5.41) is 9.26. The molecule has 0 fully saturated rings. The number of primary amides is 1. The van der Waals surface area contributed by atoms with Crippen LogP contribution in [0.4, 0.5) is 5.69 Å². The zero-order valence-electron chi connectivity index (χ0n) is 22.5. The average molecular weight is 508 g/mol. The Labute approximate surface area is 220 Å². The van der Waals surface area contributed by atoms with Gasteiger partial charge in [0.2, 0.25) is 0 Å². The van der Waals surface area contributed by atoms with Gasteiger partial charge in [0, 0.05) is 37.8 Å². The first-order valence-corrected chi connectivity index (χ1v) is 13.3. The van der Waals surface area contributed by atoms with Crippen LogP contribution >= 0.6 is 0 Å². The summed E-state index contributed by atoms with van der Waals surface area (Å²) in [4.78, 5) is 17.0. The van der Waals surface area contributed by atoms with Gasteiger partial charge < -0.3 is 25.2 Å². The third kappa shape index (κ3) is 6.11. The molecule has 2 aliphatic rings. The summed E-state index contributed by atoms with van der Waals surface area (Å²) in [6, 6.07) is 10.5. The van der Waals surface area contributed by atoms with E-state index >= 15 is 0 Å². The number of carbonyl (C=O) groups excluding carboxylic acids is 1. The lowest BCUT2D eigenvalue weighted by atomic mass is 9.95. The molecule has 2 aromatic carbocycles. The Bertz CT molecular complexity index is 1130. The van der Waals surface area contributed by atoms with E-state index in [-0.39, 0.29) is 18.2 Å². The quantitative estimate of drug-likeness (QED) is 0.503. The fourth-order valence-corrected chi connectivity index (χ4v) is 5.72. The molecule has 2 aromatic rings. The third-order valence-corrected chi connectivity index (χ3v) is 7.47. The number of carbonyl (C=O) groups is 1. The van der Waals surface area contributed by atoms with Crippen molar-refractivity contribution in [3.63, 3.8) is 0 Å². The highest BCUT2D eigenvalue weighted by Crippen LogP contribution is 2.35. The number of amides is 1. The van der Waals surface area contributed by atoms with Crippen molar-refractivity contribution in [2.45, 2.75) is 58.0 Å². The zero-order chi connectivity index (χ0) is 26.6. The van der Waals surface area contributed by atoms with Gasteiger partial charge in [0.05, 0.1) is 11.3 Å². The van der Waals surface area contributed by atoms with E-state index in [1.54, 1.807) is 0 Å². The van der Waals surface area contributed by atoms with Crippen molar-refractivity contribution < 1.29 is 19.4 Å². The molecule has 2 heterocycles. The summed E-state index contributed by atoms with van der Waals surface area (Å²) < 4.78 is 12.5. The molecule has 37 heavy (non-hydrogen) atoms. The Hall–Kier alpha value is -3.03. The van der Waals surface area contributed by atoms with E-state index in [1.165, 1.54) is 0 Å². The van der Waals surface area contributed by atoms with Gasteiger partial charge in [0.1, 0.15) is 13.2 Å². The average Bonchev–Trinajstić information content (AvgIpc) is 3.28. The summed E-state index contributed by atoms with van der Waals surface area (Å²) in [5.74, 6) is 1.14. The SMILES string of the molecule is C=CCc1ccc2c(c1)OCC(C)(C)N([C@H](C)Cc1cc3c(c(C(N)=O)c1)N(CCCO)CC3)CCO2. The molecule has 200 valence electrons. The highest BCUT2D eigenvalue weighted by Gasteiger charge is 2.33. The van der Waals surface area contributed by atoms with Crippen LogP contribution in [0.3, 0.4) is 0 Å². The lowest BCUT2D eigenvalue weighted by molar-refractivity contribution is 0.0331. The minimum atomic E-state index is -0.403. The number of aliphatic hydroxyl groups is 1. The molecular formula is C30H41N3O4. The van der Waals surface area contributed by atoms with E-state index in [4.69, 9.17) is 15.2 Å². The number of allylic oxidation sites excluding steroid dienone is 1. The number of benzene rings is 2. The lowest BCUT2D eigenvalue weighted by Crippen LogP contribution is -2.54. The topological polar surface area (TPSA) is 88.3 Å². The van der Waals surface area contributed by atoms with E-state index < -0.39 is 5.91 Å². The van der Waals surface area contributed by atoms with Gasteiger partial charge in [-0.25, -0.2) is 0 Å². The number of aliphatic hydroxyl groups excluding tert-OH is 1. The first-order chi connectivity index (χ1) is 17.7. The number of ether oxygens (including phenoxy) is 2. The number of rotatable bonds is 9. The first kappa shape index (κ1) is 27.0. The number of hydrogen-bond acceptors (Lipinski definition) is 6. The maximum atomic E-state index is 12.4. The summed E-state index contributed by atoms with van der Waals surface area (Å²) in [6.45, 7) is 14.0. The van der Waals surface area contributed by atoms with Crippen molar-refractivity contribution >= 4 is 11.6 Å². The van der Waals surface area contributed by atoms with Crippen molar-refractivity contribution in [1.82, 2.24) is 4.90 Å². The molecule has 2 aliphatic heterocycles. The highest BCUT2D eigenvalue weighted by atomic mass is 16.5. The second-order valence-corrected chi connectivity index (χ2v) is 10.8. The molecule has 7 nitrogen and oxygen atoms in total. The van der Waals surface area contributed by atoms with Gasteiger partial charge in [-0.15, -0.1) is 6.58 Å². The number of anilines is 1. The van der Waals surface area contributed by atoms with Gasteiger partial charge in [-0.3, -0.25) is 9.69 Å². The van der Waals surface area contributed by atoms with Crippen molar-refractivity contribution in [3.05, 3.63) is 65.2 Å². The van der Waals surface area contributed by atoms with Crippen molar-refractivity contribution in [3.8, 4) is 11.5 Å². The molecule has 0 saturated heterocycles. The van der Waals surface area contributed by atoms with Gasteiger partial charge >= 0.3 is 0 Å². The van der Waals surface area contributed by atoms with Crippen molar-refractivity contribution in [2.24, 2.45) is 5.73 Å².